The van der Waals surface area contributed by atoms with Crippen LogP contribution in [0.4, 0.5) is 4.79 Å². The van der Waals surface area contributed by atoms with Gasteiger partial charge < -0.3 is 14.7 Å². The number of amides is 1. The molecule has 0 radical (unpaired) electrons. The number of hydrogen-bond acceptors (Lipinski definition) is 3. The van der Waals surface area contributed by atoms with E-state index in [2.05, 4.69) is 6.92 Å². The summed E-state index contributed by atoms with van der Waals surface area (Å²) in [5, 5.41) is 9.99. The number of nitrogens with zero attached hydrogens (tertiary/aromatic N) is 1. The monoisotopic (exact) mass is 299 g/mol. The standard InChI is InChI=1S/C17H33NO3/c1-7-8-9-10-16(19)15(6)11-12-21-17(20)18(13(2)3)14(4)5/h11-16,19H,7-10H2,1-6H3/b12-11-/t15-,16+/m0/s1. The summed E-state index contributed by atoms with van der Waals surface area (Å²) in [6.45, 7) is 11.9. The highest BCUT2D eigenvalue weighted by Gasteiger charge is 2.21. The Morgan fingerprint density at radius 1 is 1.14 bits per heavy atom. The molecule has 0 spiro atoms. The molecule has 4 nitrogen and oxygen atoms in total. The number of aliphatic hydroxyl groups is 1. The molecule has 0 heterocycles. The van der Waals surface area contributed by atoms with Crippen LogP contribution >= 0.6 is 0 Å². The highest BCUT2D eigenvalue weighted by molar-refractivity contribution is 5.68. The molecule has 0 bridgehead atoms. The molecule has 0 aliphatic carbocycles. The van der Waals surface area contributed by atoms with Crippen molar-refractivity contribution < 1.29 is 14.6 Å². The Bertz CT molecular complexity index is 305. The first-order valence-corrected chi connectivity index (χ1v) is 8.14. The van der Waals surface area contributed by atoms with Crippen LogP contribution in [0.3, 0.4) is 0 Å². The minimum atomic E-state index is -0.377. The fourth-order valence-corrected chi connectivity index (χ4v) is 2.29. The Kier molecular flexibility index (Phi) is 10.1. The highest BCUT2D eigenvalue weighted by Crippen LogP contribution is 2.13. The zero-order valence-corrected chi connectivity index (χ0v) is 14.5. The quantitative estimate of drug-likeness (QED) is 0.509. The molecule has 124 valence electrons. The van der Waals surface area contributed by atoms with Crippen molar-refractivity contribution in [1.29, 1.82) is 0 Å². The molecule has 1 amide bonds. The molecule has 0 unspecified atom stereocenters. The summed E-state index contributed by atoms with van der Waals surface area (Å²) in [6, 6.07) is 0.200. The van der Waals surface area contributed by atoms with E-state index in [9.17, 15) is 9.90 Å². The second-order valence-electron chi connectivity index (χ2n) is 6.23. The number of hydrogen-bond donors (Lipinski definition) is 1. The molecule has 0 aliphatic rings. The Labute approximate surface area is 130 Å². The van der Waals surface area contributed by atoms with Gasteiger partial charge in [-0.2, -0.15) is 0 Å². The lowest BCUT2D eigenvalue weighted by Crippen LogP contribution is -2.41. The van der Waals surface area contributed by atoms with Gasteiger partial charge in [0.15, 0.2) is 0 Å². The molecule has 0 aliphatic heterocycles. The maximum absolute atomic E-state index is 12.0. The van der Waals surface area contributed by atoms with E-state index in [0.717, 1.165) is 25.7 Å². The van der Waals surface area contributed by atoms with Crippen LogP contribution in [-0.4, -0.2) is 34.3 Å². The number of carbonyl (C=O) groups is 1. The lowest BCUT2D eigenvalue weighted by molar-refractivity contribution is 0.105. The van der Waals surface area contributed by atoms with Gasteiger partial charge in [0, 0.05) is 18.0 Å². The van der Waals surface area contributed by atoms with Gasteiger partial charge in [0.1, 0.15) is 0 Å². The molecule has 21 heavy (non-hydrogen) atoms. The average Bonchev–Trinajstić information content (AvgIpc) is 2.37. The Hall–Kier alpha value is -1.03. The van der Waals surface area contributed by atoms with Crippen molar-refractivity contribution in [3.8, 4) is 0 Å². The summed E-state index contributed by atoms with van der Waals surface area (Å²) in [6.07, 6.45) is 6.55. The summed E-state index contributed by atoms with van der Waals surface area (Å²) in [5.41, 5.74) is 0. The minimum absolute atomic E-state index is 0.0128. The largest absolute Gasteiger partial charge is 0.418 e. The number of aliphatic hydroxyl groups excluding tert-OH is 1. The van der Waals surface area contributed by atoms with E-state index in [0.29, 0.717) is 0 Å². The Morgan fingerprint density at radius 3 is 2.19 bits per heavy atom. The second-order valence-corrected chi connectivity index (χ2v) is 6.23. The normalized spacial score (nSPS) is 14.7. The lowest BCUT2D eigenvalue weighted by atomic mass is 9.99. The van der Waals surface area contributed by atoms with Crippen LogP contribution in [0.15, 0.2) is 12.3 Å². The molecule has 0 fully saturated rings. The van der Waals surface area contributed by atoms with Crippen LogP contribution < -0.4 is 0 Å². The third-order valence-corrected chi connectivity index (χ3v) is 3.58. The molecular formula is C17H33NO3. The van der Waals surface area contributed by atoms with E-state index >= 15 is 0 Å². The third-order valence-electron chi connectivity index (χ3n) is 3.58. The summed E-state index contributed by atoms with van der Waals surface area (Å²) < 4.78 is 5.17. The van der Waals surface area contributed by atoms with Gasteiger partial charge in [-0.15, -0.1) is 0 Å². The molecule has 2 atom stereocenters. The van der Waals surface area contributed by atoms with E-state index in [4.69, 9.17) is 4.74 Å². The number of carbonyl (C=O) groups excluding carboxylic acids is 1. The number of rotatable bonds is 9. The van der Waals surface area contributed by atoms with E-state index in [1.54, 1.807) is 11.0 Å². The van der Waals surface area contributed by atoms with Crippen molar-refractivity contribution in [3.05, 3.63) is 12.3 Å². The number of unbranched alkanes of at least 4 members (excludes halogenated alkanes) is 2. The maximum Gasteiger partial charge on any atom is 0.415 e. The fourth-order valence-electron chi connectivity index (χ4n) is 2.29. The minimum Gasteiger partial charge on any atom is -0.418 e. The second kappa shape index (κ2) is 10.7. The molecule has 0 aromatic heterocycles. The Morgan fingerprint density at radius 2 is 1.71 bits per heavy atom. The van der Waals surface area contributed by atoms with Crippen molar-refractivity contribution in [2.24, 2.45) is 5.92 Å². The van der Waals surface area contributed by atoms with E-state index in [-0.39, 0.29) is 30.2 Å². The highest BCUT2D eigenvalue weighted by atomic mass is 16.5. The summed E-state index contributed by atoms with van der Waals surface area (Å²) >= 11 is 0. The SMILES string of the molecule is CCCCC[C@@H](O)[C@@H](C)/C=C\OC(=O)N(C(C)C)C(C)C. The average molecular weight is 299 g/mol. The maximum atomic E-state index is 12.0. The van der Waals surface area contributed by atoms with Crippen LogP contribution in [0.25, 0.3) is 0 Å². The van der Waals surface area contributed by atoms with Crippen LogP contribution in [0.2, 0.25) is 0 Å². The molecule has 0 saturated heterocycles. The predicted octanol–water partition coefficient (Wildman–Crippen LogP) is 4.33. The predicted molar refractivity (Wildman–Crippen MR) is 87.0 cm³/mol. The van der Waals surface area contributed by atoms with Crippen molar-refractivity contribution >= 4 is 6.09 Å². The Balaban J connectivity index is 4.26. The van der Waals surface area contributed by atoms with Gasteiger partial charge in [-0.05, 0) is 40.2 Å². The third kappa shape index (κ3) is 8.10. The zero-order chi connectivity index (χ0) is 16.4. The first kappa shape index (κ1) is 20.0. The molecule has 1 N–H and O–H groups in total. The summed E-state index contributed by atoms with van der Waals surface area (Å²) in [7, 11) is 0. The van der Waals surface area contributed by atoms with Gasteiger partial charge in [0.25, 0.3) is 0 Å². The van der Waals surface area contributed by atoms with Crippen molar-refractivity contribution in [1.82, 2.24) is 4.90 Å². The number of ether oxygens (including phenoxy) is 1. The summed E-state index contributed by atoms with van der Waals surface area (Å²) in [5.74, 6) is -0.0128. The summed E-state index contributed by atoms with van der Waals surface area (Å²) in [4.78, 5) is 13.7. The van der Waals surface area contributed by atoms with Crippen LogP contribution in [-0.2, 0) is 4.74 Å². The van der Waals surface area contributed by atoms with Gasteiger partial charge in [-0.3, -0.25) is 0 Å². The first-order chi connectivity index (χ1) is 9.81. The van der Waals surface area contributed by atoms with Gasteiger partial charge in [0.05, 0.1) is 12.4 Å². The first-order valence-electron chi connectivity index (χ1n) is 8.14. The molecule has 4 heteroatoms. The van der Waals surface area contributed by atoms with E-state index in [1.807, 2.05) is 34.6 Å². The molecule has 0 rings (SSSR count). The van der Waals surface area contributed by atoms with Gasteiger partial charge in [-0.25, -0.2) is 4.79 Å². The molecular weight excluding hydrogens is 266 g/mol. The van der Waals surface area contributed by atoms with Gasteiger partial charge in [-0.1, -0.05) is 33.1 Å². The van der Waals surface area contributed by atoms with Gasteiger partial charge in [0.2, 0.25) is 0 Å². The van der Waals surface area contributed by atoms with Crippen LogP contribution in [0.5, 0.6) is 0 Å². The molecule has 0 aromatic rings. The van der Waals surface area contributed by atoms with E-state index < -0.39 is 0 Å². The smallest absolute Gasteiger partial charge is 0.415 e. The van der Waals surface area contributed by atoms with Crippen molar-refractivity contribution in [2.75, 3.05) is 0 Å². The van der Waals surface area contributed by atoms with Crippen LogP contribution in [0, 0.1) is 5.92 Å². The fraction of sp³-hybridized carbons (Fsp3) is 0.824. The molecule has 0 saturated carbocycles. The van der Waals surface area contributed by atoms with E-state index in [1.165, 1.54) is 6.26 Å². The van der Waals surface area contributed by atoms with Gasteiger partial charge >= 0.3 is 6.09 Å². The van der Waals surface area contributed by atoms with Crippen molar-refractivity contribution in [2.45, 2.75) is 85.4 Å². The van der Waals surface area contributed by atoms with Crippen LogP contribution in [0.1, 0.15) is 67.2 Å². The topological polar surface area (TPSA) is 49.8 Å². The zero-order valence-electron chi connectivity index (χ0n) is 14.5. The van der Waals surface area contributed by atoms with Crippen molar-refractivity contribution in [3.63, 3.8) is 0 Å². The molecule has 0 aromatic carbocycles. The lowest BCUT2D eigenvalue weighted by Gasteiger charge is -2.29.